The number of carbonyl (C=O) groups is 1. The molecule has 2 aliphatic carbocycles. The van der Waals surface area contributed by atoms with E-state index in [0.717, 1.165) is 30.4 Å². The number of benzene rings is 1. The molecule has 2 aliphatic rings. The highest BCUT2D eigenvalue weighted by Crippen LogP contribution is 2.49. The first-order valence-corrected chi connectivity index (χ1v) is 15.6. The van der Waals surface area contributed by atoms with Gasteiger partial charge in [0, 0.05) is 23.3 Å². The Hall–Kier alpha value is -2.78. The standard InChI is InChI=1S/C31H42FN3O4S/c1-30(2,3)35-40(37,38)28-18-22-17-25(34-29(36)39-31(4,5)6)13-14-26(22)27(28)15-12-24-11-10-21(19-33-24)20-8-7-9-23(32)16-20/h7-12,15-16,19,22,25-28,35H,13-14,17-18H2,1-6H3,(H,34,36)/b15-12+/t22-,25-,26-,27-,28-/m0/s1. The third-order valence-electron chi connectivity index (χ3n) is 7.50. The number of ether oxygens (including phenoxy) is 1. The van der Waals surface area contributed by atoms with Crippen molar-refractivity contribution in [3.05, 3.63) is 60.2 Å². The zero-order chi connectivity index (χ0) is 29.3. The van der Waals surface area contributed by atoms with Crippen LogP contribution in [0.5, 0.6) is 0 Å². The minimum absolute atomic E-state index is 0.0465. The summed E-state index contributed by atoms with van der Waals surface area (Å²) in [4.78, 5) is 16.9. The summed E-state index contributed by atoms with van der Waals surface area (Å²) in [5, 5.41) is 2.42. The third-order valence-corrected chi connectivity index (χ3v) is 9.70. The van der Waals surface area contributed by atoms with Crippen LogP contribution in [0.15, 0.2) is 48.7 Å². The van der Waals surface area contributed by atoms with Crippen LogP contribution in [0.1, 0.15) is 72.9 Å². The van der Waals surface area contributed by atoms with Gasteiger partial charge in [-0.15, -0.1) is 0 Å². The van der Waals surface area contributed by atoms with Crippen LogP contribution < -0.4 is 10.0 Å². The van der Waals surface area contributed by atoms with Crippen molar-refractivity contribution in [1.82, 2.24) is 15.0 Å². The highest BCUT2D eigenvalue weighted by Gasteiger charge is 2.50. The second-order valence-corrected chi connectivity index (χ2v) is 15.1. The third kappa shape index (κ3) is 7.91. The van der Waals surface area contributed by atoms with Crippen LogP contribution in [0.3, 0.4) is 0 Å². The van der Waals surface area contributed by atoms with Crippen molar-refractivity contribution in [3.8, 4) is 11.1 Å². The lowest BCUT2D eigenvalue weighted by atomic mass is 9.76. The van der Waals surface area contributed by atoms with Gasteiger partial charge in [0.25, 0.3) is 0 Å². The molecule has 9 heteroatoms. The zero-order valence-electron chi connectivity index (χ0n) is 24.3. The van der Waals surface area contributed by atoms with E-state index in [1.54, 1.807) is 12.3 Å². The molecule has 0 aliphatic heterocycles. The number of rotatable bonds is 6. The second kappa shape index (κ2) is 11.6. The van der Waals surface area contributed by atoms with Gasteiger partial charge in [-0.05, 0) is 115 Å². The maximum absolute atomic E-state index is 13.6. The average Bonchev–Trinajstić information content (AvgIpc) is 3.19. The van der Waals surface area contributed by atoms with E-state index in [0.29, 0.717) is 12.1 Å². The molecule has 2 saturated carbocycles. The number of hydrogen-bond acceptors (Lipinski definition) is 5. The fraction of sp³-hybridized carbons (Fsp3) is 0.548. The number of allylic oxidation sites excluding steroid dienone is 1. The largest absolute Gasteiger partial charge is 0.444 e. The van der Waals surface area contributed by atoms with Crippen LogP contribution in [0, 0.1) is 23.6 Å². The molecule has 0 saturated heterocycles. The Morgan fingerprint density at radius 1 is 1.05 bits per heavy atom. The molecule has 40 heavy (non-hydrogen) atoms. The number of nitrogens with one attached hydrogen (secondary N) is 2. The summed E-state index contributed by atoms with van der Waals surface area (Å²) >= 11 is 0. The number of carbonyl (C=O) groups excluding carboxylic acids is 1. The summed E-state index contributed by atoms with van der Waals surface area (Å²) in [5.74, 6) is -0.143. The molecule has 4 rings (SSSR count). The minimum Gasteiger partial charge on any atom is -0.444 e. The zero-order valence-corrected chi connectivity index (χ0v) is 25.1. The number of halogens is 1. The molecule has 2 aromatic rings. The van der Waals surface area contributed by atoms with Crippen LogP contribution in [-0.4, -0.2) is 41.9 Å². The van der Waals surface area contributed by atoms with Gasteiger partial charge < -0.3 is 10.1 Å². The van der Waals surface area contributed by atoms with E-state index in [2.05, 4.69) is 15.0 Å². The number of fused-ring (bicyclic) bond motifs is 1. The number of pyridine rings is 1. The van der Waals surface area contributed by atoms with Crippen LogP contribution >= 0.6 is 0 Å². The van der Waals surface area contributed by atoms with Gasteiger partial charge in [-0.25, -0.2) is 22.3 Å². The monoisotopic (exact) mass is 571 g/mol. The normalized spacial score (nSPS) is 25.5. The van der Waals surface area contributed by atoms with Gasteiger partial charge in [-0.3, -0.25) is 4.98 Å². The van der Waals surface area contributed by atoms with Crippen molar-refractivity contribution in [1.29, 1.82) is 0 Å². The van der Waals surface area contributed by atoms with Crippen LogP contribution in [-0.2, 0) is 14.8 Å². The number of aromatic nitrogens is 1. The van der Waals surface area contributed by atoms with Crippen molar-refractivity contribution in [2.24, 2.45) is 17.8 Å². The molecule has 1 aromatic heterocycles. The molecule has 5 atom stereocenters. The molecule has 0 unspecified atom stereocenters. The van der Waals surface area contributed by atoms with E-state index in [-0.39, 0.29) is 29.6 Å². The summed E-state index contributed by atoms with van der Waals surface area (Å²) in [7, 11) is -3.61. The fourth-order valence-electron chi connectivity index (χ4n) is 6.06. The number of alkyl carbamates (subject to hydrolysis) is 1. The van der Waals surface area contributed by atoms with Crippen LogP contribution in [0.2, 0.25) is 0 Å². The van der Waals surface area contributed by atoms with Gasteiger partial charge in [0.05, 0.1) is 10.9 Å². The van der Waals surface area contributed by atoms with Gasteiger partial charge >= 0.3 is 6.09 Å². The van der Waals surface area contributed by atoms with Crippen LogP contribution in [0.25, 0.3) is 17.2 Å². The predicted octanol–water partition coefficient (Wildman–Crippen LogP) is 6.32. The smallest absolute Gasteiger partial charge is 0.407 e. The Morgan fingerprint density at radius 2 is 1.80 bits per heavy atom. The lowest BCUT2D eigenvalue weighted by molar-refractivity contribution is 0.0474. The number of nitrogens with zero attached hydrogens (tertiary/aromatic N) is 1. The number of amides is 1. The molecule has 0 bridgehead atoms. The maximum atomic E-state index is 13.6. The molecular weight excluding hydrogens is 529 g/mol. The van der Waals surface area contributed by atoms with Gasteiger partial charge in [0.1, 0.15) is 11.4 Å². The molecule has 2 fully saturated rings. The van der Waals surface area contributed by atoms with Crippen molar-refractivity contribution in [2.45, 2.75) is 89.7 Å². The summed E-state index contributed by atoms with van der Waals surface area (Å²) in [6, 6.07) is 10.1. The first-order chi connectivity index (χ1) is 18.6. The minimum atomic E-state index is -3.61. The van der Waals surface area contributed by atoms with Crippen molar-refractivity contribution in [3.63, 3.8) is 0 Å². The summed E-state index contributed by atoms with van der Waals surface area (Å²) in [5.41, 5.74) is 1.10. The maximum Gasteiger partial charge on any atom is 0.407 e. The Kier molecular flexibility index (Phi) is 8.76. The van der Waals surface area contributed by atoms with Gasteiger partial charge in [0.2, 0.25) is 10.0 Å². The lowest BCUT2D eigenvalue weighted by Gasteiger charge is -2.34. The quantitative estimate of drug-likeness (QED) is 0.423. The van der Waals surface area contributed by atoms with Crippen molar-refractivity contribution >= 4 is 22.2 Å². The van der Waals surface area contributed by atoms with Crippen molar-refractivity contribution in [2.75, 3.05) is 0 Å². The fourth-order valence-corrected chi connectivity index (χ4v) is 8.27. The van der Waals surface area contributed by atoms with Gasteiger partial charge in [-0.1, -0.05) is 24.3 Å². The molecule has 218 valence electrons. The molecule has 0 spiro atoms. The molecule has 1 aromatic carbocycles. The van der Waals surface area contributed by atoms with E-state index < -0.39 is 32.5 Å². The predicted molar refractivity (Wildman–Crippen MR) is 156 cm³/mol. The molecule has 2 N–H and O–H groups in total. The molecule has 7 nitrogen and oxygen atoms in total. The average molecular weight is 572 g/mol. The van der Waals surface area contributed by atoms with E-state index in [9.17, 15) is 17.6 Å². The number of sulfonamides is 1. The van der Waals surface area contributed by atoms with E-state index in [4.69, 9.17) is 4.74 Å². The first-order valence-electron chi connectivity index (χ1n) is 14.0. The SMILES string of the molecule is CC(C)(C)NS(=O)(=O)[C@H]1C[C@@H]2C[C@@H](NC(=O)OC(C)(C)C)CC[C@@H]2[C@@H]1/C=C/c1ccc(-c2cccc(F)c2)cn1. The Balaban J connectivity index is 1.53. The van der Waals surface area contributed by atoms with Gasteiger partial charge in [0.15, 0.2) is 0 Å². The van der Waals surface area contributed by atoms with Gasteiger partial charge in [-0.2, -0.15) is 0 Å². The molecule has 1 amide bonds. The molecule has 1 heterocycles. The van der Waals surface area contributed by atoms with Crippen molar-refractivity contribution < 1.29 is 22.3 Å². The topological polar surface area (TPSA) is 97.4 Å². The Labute approximate surface area is 238 Å². The first kappa shape index (κ1) is 30.2. The lowest BCUT2D eigenvalue weighted by Crippen LogP contribution is -2.46. The highest BCUT2D eigenvalue weighted by molar-refractivity contribution is 7.90. The molecular formula is C31H42FN3O4S. The van der Waals surface area contributed by atoms with E-state index in [1.165, 1.54) is 12.1 Å². The highest BCUT2D eigenvalue weighted by atomic mass is 32.2. The summed E-state index contributed by atoms with van der Waals surface area (Å²) in [6.07, 6.45) is 8.00. The Morgan fingerprint density at radius 3 is 2.42 bits per heavy atom. The Bertz CT molecular complexity index is 1330. The van der Waals surface area contributed by atoms with E-state index >= 15 is 0 Å². The van der Waals surface area contributed by atoms with Crippen LogP contribution in [0.4, 0.5) is 9.18 Å². The second-order valence-electron chi connectivity index (χ2n) is 13.2. The number of hydrogen-bond donors (Lipinski definition) is 2. The summed E-state index contributed by atoms with van der Waals surface area (Å²) in [6.45, 7) is 11.0. The molecule has 0 radical (unpaired) electrons. The summed E-state index contributed by atoms with van der Waals surface area (Å²) < 4.78 is 49.1. The van der Waals surface area contributed by atoms with E-state index in [1.807, 2.05) is 71.9 Å².